The Morgan fingerprint density at radius 3 is 2.73 bits per heavy atom. The monoisotopic (exact) mass is 318 g/mol. The van der Waals surface area contributed by atoms with Gasteiger partial charge in [0.15, 0.2) is 11.5 Å². The number of carbonyl (C=O) groups is 1. The fourth-order valence-corrected chi connectivity index (χ4v) is 2.46. The molecule has 0 fully saturated rings. The summed E-state index contributed by atoms with van der Waals surface area (Å²) < 4.78 is 16.5. The van der Waals surface area contributed by atoms with Crippen molar-refractivity contribution in [3.8, 4) is 11.5 Å². The third kappa shape index (κ3) is 3.34. The molecule has 0 aliphatic carbocycles. The van der Waals surface area contributed by atoms with Gasteiger partial charge in [0.2, 0.25) is 0 Å². The Morgan fingerprint density at radius 2 is 1.91 bits per heavy atom. The fourth-order valence-electron chi connectivity index (χ4n) is 2.17. The lowest BCUT2D eigenvalue weighted by Gasteiger charge is -2.12. The highest BCUT2D eigenvalue weighted by Crippen LogP contribution is 2.38. The Hall–Kier alpha value is -2.20. The Bertz CT molecular complexity index is 670. The molecule has 0 saturated carbocycles. The highest BCUT2D eigenvalue weighted by atomic mass is 35.5. The van der Waals surface area contributed by atoms with Crippen LogP contribution in [-0.4, -0.2) is 19.2 Å². The topological polar surface area (TPSA) is 44.8 Å². The molecule has 2 aromatic carbocycles. The van der Waals surface area contributed by atoms with Gasteiger partial charge in [-0.25, -0.2) is 4.79 Å². The lowest BCUT2D eigenvalue weighted by molar-refractivity contribution is 0.0472. The number of benzene rings is 2. The van der Waals surface area contributed by atoms with Crippen LogP contribution in [0.15, 0.2) is 42.5 Å². The van der Waals surface area contributed by atoms with Crippen LogP contribution in [0.5, 0.6) is 11.5 Å². The molecule has 0 aromatic heterocycles. The molecule has 0 unspecified atom stereocenters. The van der Waals surface area contributed by atoms with Crippen molar-refractivity contribution in [3.63, 3.8) is 0 Å². The summed E-state index contributed by atoms with van der Waals surface area (Å²) in [5.41, 5.74) is 1.28. The zero-order valence-electron chi connectivity index (χ0n) is 11.9. The van der Waals surface area contributed by atoms with E-state index in [-0.39, 0.29) is 12.6 Å². The predicted octanol–water partition coefficient (Wildman–Crippen LogP) is 3.86. The summed E-state index contributed by atoms with van der Waals surface area (Å²) in [4.78, 5) is 11.9. The van der Waals surface area contributed by atoms with Gasteiger partial charge in [0.1, 0.15) is 6.61 Å². The number of fused-ring (bicyclic) bond motifs is 1. The molecule has 22 heavy (non-hydrogen) atoms. The fraction of sp³-hybridized carbons (Fsp3) is 0.235. The summed E-state index contributed by atoms with van der Waals surface area (Å²) in [6.45, 7) is 1.29. The summed E-state index contributed by atoms with van der Waals surface area (Å²) in [5.74, 6) is 0.775. The minimum atomic E-state index is -0.371. The van der Waals surface area contributed by atoms with E-state index in [9.17, 15) is 4.79 Å². The highest BCUT2D eigenvalue weighted by Gasteiger charge is 2.16. The number of hydrogen-bond acceptors (Lipinski definition) is 4. The van der Waals surface area contributed by atoms with E-state index in [0.717, 1.165) is 12.0 Å². The second-order valence-corrected chi connectivity index (χ2v) is 5.30. The molecule has 0 N–H and O–H groups in total. The molecule has 0 bridgehead atoms. The van der Waals surface area contributed by atoms with Crippen molar-refractivity contribution >= 4 is 17.6 Å². The normalized spacial score (nSPS) is 13.3. The van der Waals surface area contributed by atoms with Crippen molar-refractivity contribution in [2.24, 2.45) is 0 Å². The maximum atomic E-state index is 11.9. The average Bonchev–Trinajstić information content (AvgIpc) is 2.79. The Labute approximate surface area is 133 Å². The van der Waals surface area contributed by atoms with E-state index < -0.39 is 0 Å². The summed E-state index contributed by atoms with van der Waals surface area (Å²) in [6, 6.07) is 12.4. The first-order valence-electron chi connectivity index (χ1n) is 7.04. The molecule has 3 rings (SSSR count). The van der Waals surface area contributed by atoms with Crippen molar-refractivity contribution in [2.45, 2.75) is 13.0 Å². The van der Waals surface area contributed by atoms with Crippen LogP contribution in [0, 0.1) is 0 Å². The standard InChI is InChI=1S/C17H15ClO4/c18-14-9-12(10-15-16(14)21-8-4-7-20-15)11-22-17(19)13-5-2-1-3-6-13/h1-3,5-6,9-10H,4,7-8,11H2. The minimum Gasteiger partial charge on any atom is -0.489 e. The largest absolute Gasteiger partial charge is 0.489 e. The smallest absolute Gasteiger partial charge is 0.338 e. The van der Waals surface area contributed by atoms with Crippen LogP contribution < -0.4 is 9.47 Å². The molecule has 114 valence electrons. The van der Waals surface area contributed by atoms with Gasteiger partial charge >= 0.3 is 5.97 Å². The molecule has 0 radical (unpaired) electrons. The Morgan fingerprint density at radius 1 is 1.14 bits per heavy atom. The third-order valence-electron chi connectivity index (χ3n) is 3.24. The Kier molecular flexibility index (Phi) is 4.49. The molecule has 0 amide bonds. The van der Waals surface area contributed by atoms with Gasteiger partial charge in [-0.15, -0.1) is 0 Å². The first kappa shape index (κ1) is 14.7. The SMILES string of the molecule is O=C(OCc1cc(Cl)c2c(c1)OCCCO2)c1ccccc1. The van der Waals surface area contributed by atoms with Crippen molar-refractivity contribution < 1.29 is 19.0 Å². The van der Waals surface area contributed by atoms with Gasteiger partial charge in [0.05, 0.1) is 23.8 Å². The molecular formula is C17H15ClO4. The number of hydrogen-bond donors (Lipinski definition) is 0. The molecule has 1 heterocycles. The van der Waals surface area contributed by atoms with Crippen LogP contribution in [0.25, 0.3) is 0 Å². The lowest BCUT2D eigenvalue weighted by atomic mass is 10.2. The van der Waals surface area contributed by atoms with Crippen molar-refractivity contribution in [1.82, 2.24) is 0 Å². The van der Waals surface area contributed by atoms with E-state index in [1.165, 1.54) is 0 Å². The maximum Gasteiger partial charge on any atom is 0.338 e. The predicted molar refractivity (Wildman–Crippen MR) is 82.6 cm³/mol. The first-order valence-corrected chi connectivity index (χ1v) is 7.42. The van der Waals surface area contributed by atoms with Gasteiger partial charge < -0.3 is 14.2 Å². The van der Waals surface area contributed by atoms with E-state index >= 15 is 0 Å². The van der Waals surface area contributed by atoms with Gasteiger partial charge in [-0.1, -0.05) is 29.8 Å². The van der Waals surface area contributed by atoms with Gasteiger partial charge in [-0.2, -0.15) is 0 Å². The molecular weight excluding hydrogens is 304 g/mol. The molecule has 1 aliphatic heterocycles. The van der Waals surface area contributed by atoms with Crippen LogP contribution in [0.2, 0.25) is 5.02 Å². The average molecular weight is 319 g/mol. The first-order chi connectivity index (χ1) is 10.7. The lowest BCUT2D eigenvalue weighted by Crippen LogP contribution is -2.05. The van der Waals surface area contributed by atoms with Crippen LogP contribution >= 0.6 is 11.6 Å². The summed E-state index contributed by atoms with van der Waals surface area (Å²) in [7, 11) is 0. The molecule has 4 nitrogen and oxygen atoms in total. The van der Waals surface area contributed by atoms with E-state index in [2.05, 4.69) is 0 Å². The quantitative estimate of drug-likeness (QED) is 0.806. The van der Waals surface area contributed by atoms with E-state index in [4.69, 9.17) is 25.8 Å². The molecule has 5 heteroatoms. The third-order valence-corrected chi connectivity index (χ3v) is 3.52. The van der Waals surface area contributed by atoms with Crippen molar-refractivity contribution in [1.29, 1.82) is 0 Å². The van der Waals surface area contributed by atoms with Gasteiger partial charge in [-0.3, -0.25) is 0 Å². The van der Waals surface area contributed by atoms with Crippen molar-refractivity contribution in [3.05, 3.63) is 58.6 Å². The summed E-state index contributed by atoms with van der Waals surface area (Å²) in [5, 5.41) is 0.463. The molecule has 2 aromatic rings. The minimum absolute atomic E-state index is 0.129. The van der Waals surface area contributed by atoms with Crippen LogP contribution in [0.1, 0.15) is 22.3 Å². The number of halogens is 1. The van der Waals surface area contributed by atoms with Crippen LogP contribution in [0.4, 0.5) is 0 Å². The second-order valence-electron chi connectivity index (χ2n) is 4.90. The zero-order chi connectivity index (χ0) is 15.4. The number of esters is 1. The summed E-state index contributed by atoms with van der Waals surface area (Å²) in [6.07, 6.45) is 0.809. The Balaban J connectivity index is 1.72. The molecule has 1 aliphatic rings. The number of carbonyl (C=O) groups excluding carboxylic acids is 1. The molecule has 0 spiro atoms. The zero-order valence-corrected chi connectivity index (χ0v) is 12.6. The number of ether oxygens (including phenoxy) is 3. The van der Waals surface area contributed by atoms with Gasteiger partial charge in [0.25, 0.3) is 0 Å². The van der Waals surface area contributed by atoms with E-state index in [1.807, 2.05) is 6.07 Å². The van der Waals surface area contributed by atoms with E-state index in [1.54, 1.807) is 36.4 Å². The van der Waals surface area contributed by atoms with E-state index in [0.29, 0.717) is 35.3 Å². The van der Waals surface area contributed by atoms with Crippen LogP contribution in [0.3, 0.4) is 0 Å². The highest BCUT2D eigenvalue weighted by molar-refractivity contribution is 6.32. The molecule has 0 saturated heterocycles. The second kappa shape index (κ2) is 6.71. The van der Waals surface area contributed by atoms with Gasteiger partial charge in [0, 0.05) is 6.42 Å². The number of rotatable bonds is 3. The summed E-state index contributed by atoms with van der Waals surface area (Å²) >= 11 is 6.21. The maximum absolute atomic E-state index is 11.9. The van der Waals surface area contributed by atoms with Crippen molar-refractivity contribution in [2.75, 3.05) is 13.2 Å². The molecule has 0 atom stereocenters. The van der Waals surface area contributed by atoms with Gasteiger partial charge in [-0.05, 0) is 29.8 Å². The van der Waals surface area contributed by atoms with Crippen LogP contribution in [-0.2, 0) is 11.3 Å².